The molecule has 0 amide bonds. The van der Waals surface area contributed by atoms with Gasteiger partial charge in [0, 0.05) is 6.04 Å². The Hall–Kier alpha value is -1.95. The summed E-state index contributed by atoms with van der Waals surface area (Å²) in [5.41, 5.74) is 1.02. The van der Waals surface area contributed by atoms with Gasteiger partial charge in [0.1, 0.15) is 5.82 Å². The molecule has 0 bridgehead atoms. The SMILES string of the molecule is CCOc1nc(Cl)nc(NC(C)Cc2ccc(F)cc2)n1. The van der Waals surface area contributed by atoms with Crippen molar-refractivity contribution in [2.75, 3.05) is 11.9 Å². The van der Waals surface area contributed by atoms with E-state index < -0.39 is 0 Å². The van der Waals surface area contributed by atoms with Gasteiger partial charge >= 0.3 is 6.01 Å². The van der Waals surface area contributed by atoms with Crippen molar-refractivity contribution in [2.45, 2.75) is 26.3 Å². The van der Waals surface area contributed by atoms with Gasteiger partial charge in [0.2, 0.25) is 11.2 Å². The highest BCUT2D eigenvalue weighted by atomic mass is 35.5. The highest BCUT2D eigenvalue weighted by Gasteiger charge is 2.09. The highest BCUT2D eigenvalue weighted by Crippen LogP contribution is 2.13. The lowest BCUT2D eigenvalue weighted by Crippen LogP contribution is -2.20. The van der Waals surface area contributed by atoms with Crippen LogP contribution < -0.4 is 10.1 Å². The summed E-state index contributed by atoms with van der Waals surface area (Å²) in [5, 5.41) is 3.20. The first-order valence-electron chi connectivity index (χ1n) is 6.62. The quantitative estimate of drug-likeness (QED) is 0.888. The number of benzene rings is 1. The summed E-state index contributed by atoms with van der Waals surface area (Å²) in [6.45, 7) is 4.26. The average Bonchev–Trinajstić information content (AvgIpc) is 2.41. The van der Waals surface area contributed by atoms with Gasteiger partial charge in [-0.25, -0.2) is 4.39 Å². The molecule has 0 radical (unpaired) electrons. The second-order valence-electron chi connectivity index (χ2n) is 4.52. The first-order valence-corrected chi connectivity index (χ1v) is 7.00. The second kappa shape index (κ2) is 7.17. The van der Waals surface area contributed by atoms with Crippen molar-refractivity contribution in [1.82, 2.24) is 15.0 Å². The van der Waals surface area contributed by atoms with Crippen LogP contribution in [0.1, 0.15) is 19.4 Å². The molecule has 1 unspecified atom stereocenters. The average molecular weight is 311 g/mol. The van der Waals surface area contributed by atoms with Crippen LogP contribution in [0.25, 0.3) is 0 Å². The molecule has 1 heterocycles. The summed E-state index contributed by atoms with van der Waals surface area (Å²) in [4.78, 5) is 12.0. The van der Waals surface area contributed by atoms with Crippen LogP contribution in [0.5, 0.6) is 6.01 Å². The second-order valence-corrected chi connectivity index (χ2v) is 4.86. The zero-order valence-corrected chi connectivity index (χ0v) is 12.6. The molecular weight excluding hydrogens is 295 g/mol. The molecule has 21 heavy (non-hydrogen) atoms. The minimum Gasteiger partial charge on any atom is -0.464 e. The summed E-state index contributed by atoms with van der Waals surface area (Å²) in [7, 11) is 0. The predicted molar refractivity (Wildman–Crippen MR) is 79.2 cm³/mol. The molecule has 2 aromatic rings. The number of anilines is 1. The third-order valence-electron chi connectivity index (χ3n) is 2.69. The molecular formula is C14H16ClFN4O. The van der Waals surface area contributed by atoms with Crippen LogP contribution in [-0.2, 0) is 6.42 Å². The van der Waals surface area contributed by atoms with Crippen LogP contribution in [0.3, 0.4) is 0 Å². The maximum atomic E-state index is 12.9. The summed E-state index contributed by atoms with van der Waals surface area (Å²) in [6, 6.07) is 6.61. The number of aromatic nitrogens is 3. The van der Waals surface area contributed by atoms with E-state index in [0.717, 1.165) is 5.56 Å². The minimum absolute atomic E-state index is 0.0448. The van der Waals surface area contributed by atoms with E-state index in [4.69, 9.17) is 16.3 Å². The largest absolute Gasteiger partial charge is 0.464 e. The number of hydrogen-bond donors (Lipinski definition) is 1. The number of nitrogens with one attached hydrogen (secondary N) is 1. The van der Waals surface area contributed by atoms with E-state index in [1.807, 2.05) is 13.8 Å². The van der Waals surface area contributed by atoms with Crippen LogP contribution in [0.2, 0.25) is 5.28 Å². The van der Waals surface area contributed by atoms with E-state index in [-0.39, 0.29) is 23.2 Å². The Morgan fingerprint density at radius 3 is 2.62 bits per heavy atom. The molecule has 1 atom stereocenters. The normalized spacial score (nSPS) is 12.0. The fraction of sp³-hybridized carbons (Fsp3) is 0.357. The van der Waals surface area contributed by atoms with Crippen molar-refractivity contribution in [3.8, 4) is 6.01 Å². The molecule has 112 valence electrons. The van der Waals surface area contributed by atoms with Crippen LogP contribution in [0.4, 0.5) is 10.3 Å². The lowest BCUT2D eigenvalue weighted by molar-refractivity contribution is 0.312. The van der Waals surface area contributed by atoms with Gasteiger partial charge in [0.15, 0.2) is 0 Å². The van der Waals surface area contributed by atoms with Crippen molar-refractivity contribution in [3.63, 3.8) is 0 Å². The molecule has 0 aliphatic rings. The summed E-state index contributed by atoms with van der Waals surface area (Å²) in [6.07, 6.45) is 0.702. The fourth-order valence-corrected chi connectivity index (χ4v) is 1.99. The Labute approximate surface area is 127 Å². The molecule has 0 saturated carbocycles. The maximum Gasteiger partial charge on any atom is 0.322 e. The number of hydrogen-bond acceptors (Lipinski definition) is 5. The van der Waals surface area contributed by atoms with Gasteiger partial charge in [-0.1, -0.05) is 12.1 Å². The fourth-order valence-electron chi connectivity index (χ4n) is 1.84. The number of nitrogens with zero attached hydrogens (tertiary/aromatic N) is 3. The zero-order chi connectivity index (χ0) is 15.2. The molecule has 5 nitrogen and oxygen atoms in total. The Morgan fingerprint density at radius 1 is 1.24 bits per heavy atom. The summed E-state index contributed by atoms with van der Waals surface area (Å²) in [5.74, 6) is 0.109. The van der Waals surface area contributed by atoms with E-state index in [1.165, 1.54) is 12.1 Å². The Kier molecular flexibility index (Phi) is 5.27. The molecule has 0 spiro atoms. The topological polar surface area (TPSA) is 59.9 Å². The molecule has 0 aliphatic heterocycles. The molecule has 1 aromatic heterocycles. The van der Waals surface area contributed by atoms with Crippen molar-refractivity contribution in [3.05, 3.63) is 40.9 Å². The Morgan fingerprint density at radius 2 is 1.95 bits per heavy atom. The Bertz CT molecular complexity index is 594. The zero-order valence-electron chi connectivity index (χ0n) is 11.8. The van der Waals surface area contributed by atoms with Gasteiger partial charge in [-0.3, -0.25) is 0 Å². The molecule has 1 N–H and O–H groups in total. The maximum absolute atomic E-state index is 12.9. The van der Waals surface area contributed by atoms with Gasteiger partial charge in [-0.15, -0.1) is 0 Å². The Balaban J connectivity index is 2.01. The van der Waals surface area contributed by atoms with E-state index >= 15 is 0 Å². The van der Waals surface area contributed by atoms with Crippen molar-refractivity contribution in [2.24, 2.45) is 0 Å². The number of rotatable bonds is 6. The highest BCUT2D eigenvalue weighted by molar-refractivity contribution is 6.28. The monoisotopic (exact) mass is 310 g/mol. The van der Waals surface area contributed by atoms with E-state index in [0.29, 0.717) is 19.0 Å². The van der Waals surface area contributed by atoms with Gasteiger partial charge in [0.25, 0.3) is 0 Å². The predicted octanol–water partition coefficient (Wildman–Crippen LogP) is 3.11. The summed E-state index contributed by atoms with van der Waals surface area (Å²) >= 11 is 5.82. The molecule has 2 rings (SSSR count). The smallest absolute Gasteiger partial charge is 0.322 e. The third-order valence-corrected chi connectivity index (χ3v) is 2.86. The van der Waals surface area contributed by atoms with Crippen molar-refractivity contribution < 1.29 is 9.13 Å². The lowest BCUT2D eigenvalue weighted by atomic mass is 10.1. The first kappa shape index (κ1) is 15.4. The van der Waals surface area contributed by atoms with Gasteiger partial charge in [0.05, 0.1) is 6.61 Å². The first-order chi connectivity index (χ1) is 10.1. The van der Waals surface area contributed by atoms with Gasteiger partial charge < -0.3 is 10.1 Å². The van der Waals surface area contributed by atoms with Gasteiger partial charge in [-0.05, 0) is 49.6 Å². The standard InChI is InChI=1S/C14H16ClFN4O/c1-3-21-14-19-12(15)18-13(20-14)17-9(2)8-10-4-6-11(16)7-5-10/h4-7,9H,3,8H2,1-2H3,(H,17,18,19,20). The molecule has 0 aliphatic carbocycles. The number of halogens is 2. The van der Waals surface area contributed by atoms with Crippen LogP contribution in [0.15, 0.2) is 24.3 Å². The van der Waals surface area contributed by atoms with E-state index in [1.54, 1.807) is 12.1 Å². The molecule has 1 aromatic carbocycles. The van der Waals surface area contributed by atoms with Crippen LogP contribution >= 0.6 is 11.6 Å². The number of ether oxygens (including phenoxy) is 1. The molecule has 0 fully saturated rings. The van der Waals surface area contributed by atoms with Crippen LogP contribution in [-0.4, -0.2) is 27.6 Å². The molecule has 7 heteroatoms. The molecule has 0 saturated heterocycles. The third kappa shape index (κ3) is 4.82. The van der Waals surface area contributed by atoms with Gasteiger partial charge in [-0.2, -0.15) is 15.0 Å². The van der Waals surface area contributed by atoms with Crippen molar-refractivity contribution >= 4 is 17.5 Å². The van der Waals surface area contributed by atoms with Crippen LogP contribution in [0, 0.1) is 5.82 Å². The van der Waals surface area contributed by atoms with E-state index in [2.05, 4.69) is 20.3 Å². The van der Waals surface area contributed by atoms with E-state index in [9.17, 15) is 4.39 Å². The lowest BCUT2D eigenvalue weighted by Gasteiger charge is -2.14. The summed E-state index contributed by atoms with van der Waals surface area (Å²) < 4.78 is 18.1. The van der Waals surface area contributed by atoms with Crippen molar-refractivity contribution in [1.29, 1.82) is 0 Å². The minimum atomic E-state index is -0.245.